The lowest BCUT2D eigenvalue weighted by atomic mass is 10.1. The van der Waals surface area contributed by atoms with Gasteiger partial charge in [0, 0.05) is 13.1 Å². The van der Waals surface area contributed by atoms with Gasteiger partial charge in [-0.15, -0.1) is 0 Å². The van der Waals surface area contributed by atoms with Crippen molar-refractivity contribution in [3.63, 3.8) is 0 Å². The predicted molar refractivity (Wildman–Crippen MR) is 104 cm³/mol. The smallest absolute Gasteiger partial charge is 0.410 e. The number of amides is 2. The van der Waals surface area contributed by atoms with Crippen LogP contribution in [0, 0.1) is 0 Å². The van der Waals surface area contributed by atoms with Crippen LogP contribution in [-0.4, -0.2) is 54.3 Å². The van der Waals surface area contributed by atoms with Gasteiger partial charge in [0.15, 0.2) is 5.96 Å². The van der Waals surface area contributed by atoms with Gasteiger partial charge in [-0.2, -0.15) is 0 Å². The number of aliphatic imine (C=N–C) groups is 1. The second-order valence-corrected chi connectivity index (χ2v) is 6.59. The van der Waals surface area contributed by atoms with Gasteiger partial charge < -0.3 is 26.3 Å². The van der Waals surface area contributed by atoms with E-state index in [0.717, 1.165) is 5.56 Å². The SMILES string of the molecule is NC(N)=NCCCC(C=O)NC(=O)C1CCCN1C(=O)OCc1ccccc1. The van der Waals surface area contributed by atoms with E-state index in [1.54, 1.807) is 0 Å². The fraction of sp³-hybridized carbons (Fsp3) is 0.474. The first-order valence-electron chi connectivity index (χ1n) is 9.29. The number of ether oxygens (including phenoxy) is 1. The van der Waals surface area contributed by atoms with E-state index < -0.39 is 18.2 Å². The second-order valence-electron chi connectivity index (χ2n) is 6.59. The number of likely N-dealkylation sites (tertiary alicyclic amines) is 1. The topological polar surface area (TPSA) is 140 Å². The molecular weight excluding hydrogens is 362 g/mol. The van der Waals surface area contributed by atoms with Crippen molar-refractivity contribution >= 4 is 24.2 Å². The van der Waals surface area contributed by atoms with Crippen molar-refractivity contribution in [2.75, 3.05) is 13.1 Å². The van der Waals surface area contributed by atoms with Crippen molar-refractivity contribution in [2.45, 2.75) is 44.4 Å². The van der Waals surface area contributed by atoms with Gasteiger partial charge in [0.05, 0.1) is 6.04 Å². The van der Waals surface area contributed by atoms with Gasteiger partial charge in [-0.25, -0.2) is 4.79 Å². The summed E-state index contributed by atoms with van der Waals surface area (Å²) in [5.41, 5.74) is 11.4. The van der Waals surface area contributed by atoms with Crippen molar-refractivity contribution in [1.82, 2.24) is 10.2 Å². The molecule has 152 valence electrons. The first-order chi connectivity index (χ1) is 13.5. The first-order valence-corrected chi connectivity index (χ1v) is 9.29. The van der Waals surface area contributed by atoms with Crippen LogP contribution in [0.15, 0.2) is 35.3 Å². The number of hydrogen-bond donors (Lipinski definition) is 3. The molecule has 1 aromatic rings. The van der Waals surface area contributed by atoms with Crippen LogP contribution >= 0.6 is 0 Å². The minimum atomic E-state index is -0.649. The summed E-state index contributed by atoms with van der Waals surface area (Å²) in [6.45, 7) is 0.970. The number of carbonyl (C=O) groups is 3. The van der Waals surface area contributed by atoms with Gasteiger partial charge in [0.2, 0.25) is 5.91 Å². The molecule has 0 aromatic heterocycles. The lowest BCUT2D eigenvalue weighted by molar-refractivity contribution is -0.127. The van der Waals surface area contributed by atoms with Crippen LogP contribution in [0.5, 0.6) is 0 Å². The Morgan fingerprint density at radius 3 is 2.75 bits per heavy atom. The molecule has 2 unspecified atom stereocenters. The van der Waals surface area contributed by atoms with E-state index in [1.807, 2.05) is 30.3 Å². The number of hydrogen-bond acceptors (Lipinski definition) is 5. The highest BCUT2D eigenvalue weighted by Crippen LogP contribution is 2.19. The zero-order valence-electron chi connectivity index (χ0n) is 15.8. The van der Waals surface area contributed by atoms with Gasteiger partial charge in [-0.05, 0) is 31.2 Å². The Bertz CT molecular complexity index is 691. The lowest BCUT2D eigenvalue weighted by Crippen LogP contribution is -2.49. The zero-order valence-corrected chi connectivity index (χ0v) is 15.8. The van der Waals surface area contributed by atoms with Gasteiger partial charge in [0.1, 0.15) is 18.9 Å². The summed E-state index contributed by atoms with van der Waals surface area (Å²) in [6.07, 6.45) is 2.35. The van der Waals surface area contributed by atoms with Crippen LogP contribution < -0.4 is 16.8 Å². The summed E-state index contributed by atoms with van der Waals surface area (Å²) in [6, 6.07) is 8.04. The van der Waals surface area contributed by atoms with Crippen LogP contribution in [0.3, 0.4) is 0 Å². The van der Waals surface area contributed by atoms with E-state index in [0.29, 0.717) is 45.1 Å². The summed E-state index contributed by atoms with van der Waals surface area (Å²) in [5.74, 6) is -0.365. The normalized spacial score (nSPS) is 16.9. The van der Waals surface area contributed by atoms with E-state index in [9.17, 15) is 14.4 Å². The maximum atomic E-state index is 12.6. The molecule has 2 amide bonds. The molecule has 28 heavy (non-hydrogen) atoms. The van der Waals surface area contributed by atoms with Gasteiger partial charge >= 0.3 is 6.09 Å². The number of carbonyl (C=O) groups excluding carboxylic acids is 3. The molecule has 0 bridgehead atoms. The molecule has 1 fully saturated rings. The molecule has 2 rings (SSSR count). The number of benzene rings is 1. The first kappa shape index (κ1) is 21.2. The molecule has 0 aliphatic carbocycles. The number of guanidine groups is 1. The van der Waals surface area contributed by atoms with Crippen molar-refractivity contribution < 1.29 is 19.1 Å². The van der Waals surface area contributed by atoms with Crippen molar-refractivity contribution in [2.24, 2.45) is 16.5 Å². The standard InChI is InChI=1S/C19H27N5O4/c20-18(21)22-10-4-8-15(12-25)23-17(26)16-9-5-11-24(16)19(27)28-13-14-6-2-1-3-7-14/h1-3,6-7,12,15-16H,4-5,8-11,13H2,(H,23,26)(H4,20,21,22). The number of aldehydes is 1. The third kappa shape index (κ3) is 6.57. The van der Waals surface area contributed by atoms with E-state index in [-0.39, 0.29) is 18.5 Å². The van der Waals surface area contributed by atoms with Crippen LogP contribution in [0.1, 0.15) is 31.2 Å². The molecule has 9 nitrogen and oxygen atoms in total. The Labute approximate surface area is 164 Å². The third-order valence-corrected chi connectivity index (χ3v) is 4.45. The quantitative estimate of drug-likeness (QED) is 0.243. The van der Waals surface area contributed by atoms with Gasteiger partial charge in [0.25, 0.3) is 0 Å². The maximum Gasteiger partial charge on any atom is 0.410 e. The Morgan fingerprint density at radius 1 is 1.32 bits per heavy atom. The number of nitrogens with two attached hydrogens (primary N) is 2. The molecule has 0 radical (unpaired) electrons. The highest BCUT2D eigenvalue weighted by atomic mass is 16.6. The minimum absolute atomic E-state index is 0.0118. The predicted octanol–water partition coefficient (Wildman–Crippen LogP) is 0.525. The molecule has 5 N–H and O–H groups in total. The highest BCUT2D eigenvalue weighted by Gasteiger charge is 2.35. The van der Waals surface area contributed by atoms with Crippen LogP contribution in [-0.2, 0) is 20.9 Å². The molecule has 1 heterocycles. The van der Waals surface area contributed by atoms with Crippen molar-refractivity contribution in [3.8, 4) is 0 Å². The summed E-state index contributed by atoms with van der Waals surface area (Å²) < 4.78 is 5.32. The Balaban J connectivity index is 1.84. The average molecular weight is 389 g/mol. The van der Waals surface area contributed by atoms with E-state index >= 15 is 0 Å². The van der Waals surface area contributed by atoms with E-state index in [4.69, 9.17) is 16.2 Å². The van der Waals surface area contributed by atoms with Gasteiger partial charge in [-0.1, -0.05) is 30.3 Å². The summed E-state index contributed by atoms with van der Waals surface area (Å²) >= 11 is 0. The average Bonchev–Trinajstić information content (AvgIpc) is 3.19. The molecule has 1 aliphatic heterocycles. The Kier molecular flexibility index (Phi) is 8.26. The number of nitrogens with one attached hydrogen (secondary N) is 1. The summed E-state index contributed by atoms with van der Waals surface area (Å²) in [4.78, 5) is 41.4. The molecule has 2 atom stereocenters. The largest absolute Gasteiger partial charge is 0.445 e. The number of nitrogens with zero attached hydrogens (tertiary/aromatic N) is 2. The maximum absolute atomic E-state index is 12.6. The Morgan fingerprint density at radius 2 is 2.07 bits per heavy atom. The molecule has 9 heteroatoms. The Hall–Kier alpha value is -3.10. The fourth-order valence-corrected chi connectivity index (χ4v) is 3.03. The van der Waals surface area contributed by atoms with Crippen LogP contribution in [0.4, 0.5) is 4.79 Å². The van der Waals surface area contributed by atoms with Crippen LogP contribution in [0.2, 0.25) is 0 Å². The van der Waals surface area contributed by atoms with E-state index in [1.165, 1.54) is 4.90 Å². The fourth-order valence-electron chi connectivity index (χ4n) is 3.03. The molecule has 0 spiro atoms. The zero-order chi connectivity index (χ0) is 20.4. The van der Waals surface area contributed by atoms with Crippen molar-refractivity contribution in [3.05, 3.63) is 35.9 Å². The molecular formula is C19H27N5O4. The lowest BCUT2D eigenvalue weighted by Gasteiger charge is -2.24. The van der Waals surface area contributed by atoms with E-state index in [2.05, 4.69) is 10.3 Å². The molecule has 1 aliphatic rings. The third-order valence-electron chi connectivity index (χ3n) is 4.45. The number of rotatable bonds is 9. The summed E-state index contributed by atoms with van der Waals surface area (Å²) in [7, 11) is 0. The minimum Gasteiger partial charge on any atom is -0.445 e. The second kappa shape index (κ2) is 10.9. The van der Waals surface area contributed by atoms with Crippen molar-refractivity contribution in [1.29, 1.82) is 0 Å². The summed E-state index contributed by atoms with van der Waals surface area (Å²) in [5, 5.41) is 2.69. The molecule has 1 aromatic carbocycles. The molecule has 0 saturated carbocycles. The molecule has 1 saturated heterocycles. The van der Waals surface area contributed by atoms with Gasteiger partial charge in [-0.3, -0.25) is 14.7 Å². The van der Waals surface area contributed by atoms with Crippen LogP contribution in [0.25, 0.3) is 0 Å². The monoisotopic (exact) mass is 389 g/mol. The highest BCUT2D eigenvalue weighted by molar-refractivity contribution is 5.88.